The van der Waals surface area contributed by atoms with Crippen LogP contribution in [0.25, 0.3) is 0 Å². The Morgan fingerprint density at radius 3 is 1.91 bits per heavy atom. The van der Waals surface area contributed by atoms with Crippen molar-refractivity contribution < 1.29 is 25.9 Å². The number of unbranched alkanes of at least 4 members (excludes halogenated alkanes) is 6. The first kappa shape index (κ1) is 20.1. The quantitative estimate of drug-likeness (QED) is 0.486. The molecule has 0 aliphatic carbocycles. The summed E-state index contributed by atoms with van der Waals surface area (Å²) < 4.78 is 63.3. The van der Waals surface area contributed by atoms with Crippen LogP contribution >= 0.6 is 0 Å². The Morgan fingerprint density at radius 2 is 1.39 bits per heavy atom. The normalized spacial score (nSPS) is 12.5. The Morgan fingerprint density at radius 1 is 0.826 bits per heavy atom. The molecule has 0 saturated carbocycles. The summed E-state index contributed by atoms with van der Waals surface area (Å²) in [5.74, 6) is 0. The molecule has 0 radical (unpaired) electrons. The van der Waals surface area contributed by atoms with Gasteiger partial charge in [-0.15, -0.1) is 0 Å². The second-order valence-corrected chi connectivity index (χ2v) is 8.40. The monoisotopic (exact) mass is 364 g/mol. The Balaban J connectivity index is 2.78. The van der Waals surface area contributed by atoms with Crippen molar-refractivity contribution in [3.8, 4) is 0 Å². The smallest absolute Gasteiger partial charge is 0.282 e. The van der Waals surface area contributed by atoms with Crippen molar-refractivity contribution >= 4 is 20.2 Å². The van der Waals surface area contributed by atoms with Crippen LogP contribution in [0, 0.1) is 0 Å². The second-order valence-electron chi connectivity index (χ2n) is 5.59. The lowest BCUT2D eigenvalue weighted by molar-refractivity contribution is 0.477. The summed E-state index contributed by atoms with van der Waals surface area (Å²) in [5, 5.41) is 0. The van der Waals surface area contributed by atoms with Crippen LogP contribution in [0.1, 0.15) is 57.4 Å². The maximum Gasteiger partial charge on any atom is 0.294 e. The molecule has 1 aromatic carbocycles. The summed E-state index contributed by atoms with van der Waals surface area (Å²) in [6, 6.07) is 3.08. The van der Waals surface area contributed by atoms with Crippen LogP contribution in [0.5, 0.6) is 0 Å². The molecule has 8 heteroatoms. The van der Waals surface area contributed by atoms with Crippen molar-refractivity contribution in [3.05, 3.63) is 23.8 Å². The third kappa shape index (κ3) is 6.99. The van der Waals surface area contributed by atoms with Crippen LogP contribution < -0.4 is 0 Å². The molecule has 0 fully saturated rings. The van der Waals surface area contributed by atoms with Crippen molar-refractivity contribution in [2.24, 2.45) is 0 Å². The maximum atomic E-state index is 11.4. The summed E-state index contributed by atoms with van der Waals surface area (Å²) in [7, 11) is -8.84. The first-order valence-corrected chi connectivity index (χ1v) is 10.6. The molecule has 23 heavy (non-hydrogen) atoms. The Hall–Kier alpha value is -0.960. The van der Waals surface area contributed by atoms with Crippen molar-refractivity contribution in [1.82, 2.24) is 0 Å². The molecule has 0 unspecified atom stereocenters. The summed E-state index contributed by atoms with van der Waals surface area (Å²) in [6.07, 6.45) is 7.58. The van der Waals surface area contributed by atoms with E-state index in [9.17, 15) is 21.4 Å². The number of benzene rings is 1. The van der Waals surface area contributed by atoms with Gasteiger partial charge in [0.2, 0.25) is 0 Å². The van der Waals surface area contributed by atoms with E-state index in [2.05, 4.69) is 6.92 Å². The van der Waals surface area contributed by atoms with Crippen LogP contribution in [0.3, 0.4) is 0 Å². The first-order valence-electron chi connectivity index (χ1n) is 7.74. The molecule has 0 heterocycles. The SMILES string of the molecule is CCCCCCCCCc1cc(S(=O)(=O)O)ccc1S(=O)(=O)O. The molecule has 6 nitrogen and oxygen atoms in total. The molecular formula is C15H24O6S2. The average Bonchev–Trinajstić information content (AvgIpc) is 2.44. The average molecular weight is 364 g/mol. The molecule has 132 valence electrons. The van der Waals surface area contributed by atoms with Crippen molar-refractivity contribution in [2.45, 2.75) is 68.1 Å². The number of hydrogen-bond acceptors (Lipinski definition) is 4. The zero-order valence-corrected chi connectivity index (χ0v) is 14.9. The highest BCUT2D eigenvalue weighted by molar-refractivity contribution is 7.86. The highest BCUT2D eigenvalue weighted by Gasteiger charge is 2.19. The predicted molar refractivity (Wildman–Crippen MR) is 87.8 cm³/mol. The third-order valence-corrected chi connectivity index (χ3v) is 5.46. The van der Waals surface area contributed by atoms with Crippen LogP contribution in [0.4, 0.5) is 0 Å². The van der Waals surface area contributed by atoms with E-state index in [1.807, 2.05) is 0 Å². The summed E-state index contributed by atoms with van der Waals surface area (Å²) >= 11 is 0. The summed E-state index contributed by atoms with van der Waals surface area (Å²) in [4.78, 5) is -0.682. The lowest BCUT2D eigenvalue weighted by atomic mass is 10.0. The number of aryl methyl sites for hydroxylation is 1. The third-order valence-electron chi connectivity index (χ3n) is 3.66. The van der Waals surface area contributed by atoms with E-state index >= 15 is 0 Å². The minimum Gasteiger partial charge on any atom is -0.282 e. The van der Waals surface area contributed by atoms with E-state index < -0.39 is 20.2 Å². The van der Waals surface area contributed by atoms with Gasteiger partial charge in [0.15, 0.2) is 0 Å². The van der Waals surface area contributed by atoms with Crippen molar-refractivity contribution in [1.29, 1.82) is 0 Å². The van der Waals surface area contributed by atoms with Gasteiger partial charge in [0.25, 0.3) is 20.2 Å². The van der Waals surface area contributed by atoms with Crippen molar-refractivity contribution in [3.63, 3.8) is 0 Å². The van der Waals surface area contributed by atoms with Gasteiger partial charge in [-0.05, 0) is 36.6 Å². The molecule has 0 saturated heterocycles. The molecule has 1 rings (SSSR count). The van der Waals surface area contributed by atoms with Gasteiger partial charge in [-0.1, -0.05) is 45.4 Å². The van der Waals surface area contributed by atoms with E-state index in [1.165, 1.54) is 19.3 Å². The second kappa shape index (κ2) is 8.77. The van der Waals surface area contributed by atoms with Crippen molar-refractivity contribution in [2.75, 3.05) is 0 Å². The first-order chi connectivity index (χ1) is 10.7. The highest BCUT2D eigenvalue weighted by Crippen LogP contribution is 2.22. The number of hydrogen-bond donors (Lipinski definition) is 2. The minimum atomic E-state index is -4.43. The van der Waals surface area contributed by atoms with Crippen LogP contribution in [-0.2, 0) is 26.7 Å². The molecule has 0 aromatic heterocycles. The topological polar surface area (TPSA) is 109 Å². The van der Waals surface area contributed by atoms with Gasteiger partial charge in [0, 0.05) is 0 Å². The summed E-state index contributed by atoms with van der Waals surface area (Å²) in [5.41, 5.74) is 0.205. The largest absolute Gasteiger partial charge is 0.294 e. The molecule has 1 aromatic rings. The molecular weight excluding hydrogens is 340 g/mol. The molecule has 0 atom stereocenters. The van der Waals surface area contributed by atoms with Gasteiger partial charge in [-0.2, -0.15) is 16.8 Å². The van der Waals surface area contributed by atoms with Gasteiger partial charge in [0.05, 0.1) is 9.79 Å². The standard InChI is InChI=1S/C15H24O6S2/c1-2-3-4-5-6-7-8-9-13-12-14(22(16,17)18)10-11-15(13)23(19,20)21/h10-12H,2-9H2,1H3,(H,16,17,18)(H,19,20,21). The molecule has 0 spiro atoms. The van der Waals surface area contributed by atoms with Crippen LogP contribution in [0.15, 0.2) is 28.0 Å². The minimum absolute atomic E-state index is 0.205. The lowest BCUT2D eigenvalue weighted by Crippen LogP contribution is -2.06. The zero-order chi connectivity index (χ0) is 17.5. The molecule has 2 N–H and O–H groups in total. The molecule has 0 bridgehead atoms. The molecule has 0 amide bonds. The highest BCUT2D eigenvalue weighted by atomic mass is 32.2. The van der Waals surface area contributed by atoms with E-state index in [0.29, 0.717) is 12.8 Å². The fourth-order valence-electron chi connectivity index (χ4n) is 2.44. The van der Waals surface area contributed by atoms with Gasteiger partial charge in [-0.3, -0.25) is 9.11 Å². The maximum absolute atomic E-state index is 11.4. The van der Waals surface area contributed by atoms with E-state index in [4.69, 9.17) is 4.55 Å². The van der Waals surface area contributed by atoms with Crippen LogP contribution in [-0.4, -0.2) is 25.9 Å². The molecule has 0 aliphatic rings. The fourth-order valence-corrected chi connectivity index (χ4v) is 3.70. The van der Waals surface area contributed by atoms with Gasteiger partial charge >= 0.3 is 0 Å². The fraction of sp³-hybridized carbons (Fsp3) is 0.600. The van der Waals surface area contributed by atoms with Gasteiger partial charge in [-0.25, -0.2) is 0 Å². The summed E-state index contributed by atoms with van der Waals surface area (Å²) in [6.45, 7) is 2.14. The van der Waals surface area contributed by atoms with Gasteiger partial charge in [0.1, 0.15) is 0 Å². The zero-order valence-electron chi connectivity index (χ0n) is 13.2. The molecule has 0 aliphatic heterocycles. The Labute approximate surface area is 138 Å². The van der Waals surface area contributed by atoms with E-state index in [1.54, 1.807) is 0 Å². The Kier molecular flexibility index (Phi) is 7.66. The van der Waals surface area contributed by atoms with E-state index in [0.717, 1.165) is 37.5 Å². The van der Waals surface area contributed by atoms with Gasteiger partial charge < -0.3 is 0 Å². The van der Waals surface area contributed by atoms with E-state index in [-0.39, 0.29) is 15.4 Å². The number of rotatable bonds is 10. The predicted octanol–water partition coefficient (Wildman–Crippen LogP) is 3.47. The Bertz CT molecular complexity index is 707. The lowest BCUT2D eigenvalue weighted by Gasteiger charge is -2.09. The van der Waals surface area contributed by atoms with Crippen LogP contribution in [0.2, 0.25) is 0 Å².